The van der Waals surface area contributed by atoms with E-state index in [1.54, 1.807) is 14.0 Å². The number of hydrogen-bond acceptors (Lipinski definition) is 1. The summed E-state index contributed by atoms with van der Waals surface area (Å²) in [6, 6.07) is 0. The Balaban J connectivity index is 3.70. The normalized spacial score (nSPS) is 11.0. The molecule has 0 unspecified atom stereocenters. The molecule has 8 heavy (non-hydrogen) atoms. The number of amidine groups is 1. The van der Waals surface area contributed by atoms with E-state index in [1.165, 1.54) is 0 Å². The van der Waals surface area contributed by atoms with Crippen LogP contribution in [0, 0.1) is 0 Å². The molecule has 0 aliphatic heterocycles. The fourth-order valence-corrected chi connectivity index (χ4v) is 0.360. The maximum absolute atomic E-state index is 5.19. The monoisotopic (exact) mass is 131 g/mol. The van der Waals surface area contributed by atoms with Gasteiger partial charge in [-0.3, -0.25) is 0 Å². The van der Waals surface area contributed by atoms with Gasteiger partial charge in [0.15, 0.2) is 5.11 Å². The third-order valence-corrected chi connectivity index (χ3v) is 0.787. The molecule has 0 amide bonds. The fourth-order valence-electron chi connectivity index (χ4n) is 0.216. The van der Waals surface area contributed by atoms with Crippen molar-refractivity contribution in [3.63, 3.8) is 0 Å². The van der Waals surface area contributed by atoms with Gasteiger partial charge in [-0.1, -0.05) is 0 Å². The number of rotatable bonds is 0. The van der Waals surface area contributed by atoms with Crippen LogP contribution in [0.25, 0.3) is 0 Å². The lowest BCUT2D eigenvalue weighted by molar-refractivity contribution is 1.18. The highest BCUT2D eigenvalue weighted by Crippen LogP contribution is 1.71. The van der Waals surface area contributed by atoms with Gasteiger partial charge in [-0.05, 0) is 19.1 Å². The lowest BCUT2D eigenvalue weighted by Gasteiger charge is -1.92. The van der Waals surface area contributed by atoms with Crippen molar-refractivity contribution in [1.29, 1.82) is 0 Å². The van der Waals surface area contributed by atoms with Gasteiger partial charge in [-0.15, -0.1) is 0 Å². The Labute approximate surface area is 54.0 Å². The van der Waals surface area contributed by atoms with Crippen LogP contribution in [-0.4, -0.2) is 18.0 Å². The molecular formula is C4H9N3S. The summed E-state index contributed by atoms with van der Waals surface area (Å²) in [5.41, 5.74) is 5.19. The van der Waals surface area contributed by atoms with Gasteiger partial charge in [0.05, 0.1) is 5.84 Å². The summed E-state index contributed by atoms with van der Waals surface area (Å²) < 4.78 is 0. The first-order chi connectivity index (χ1) is 3.66. The Kier molecular flexibility index (Phi) is 3.10. The Morgan fingerprint density at radius 1 is 1.75 bits per heavy atom. The standard InChI is InChI=1S/C4H9N3S/c1-3(5)7-4(8)6-2/h1-2H3,(H3,5,6,7,8). The predicted octanol–water partition coefficient (Wildman–Crippen LogP) is -0.132. The van der Waals surface area contributed by atoms with Crippen molar-refractivity contribution >= 4 is 23.2 Å². The molecule has 0 spiro atoms. The molecule has 0 atom stereocenters. The summed E-state index contributed by atoms with van der Waals surface area (Å²) in [5.74, 6) is 0.476. The largest absolute Gasteiger partial charge is 0.387 e. The molecule has 0 radical (unpaired) electrons. The van der Waals surface area contributed by atoms with Gasteiger partial charge in [-0.25, -0.2) is 4.99 Å². The van der Waals surface area contributed by atoms with Crippen LogP contribution in [0.5, 0.6) is 0 Å². The molecule has 0 saturated carbocycles. The molecule has 0 saturated heterocycles. The van der Waals surface area contributed by atoms with E-state index < -0.39 is 0 Å². The van der Waals surface area contributed by atoms with Crippen LogP contribution in [0.1, 0.15) is 6.92 Å². The third-order valence-electron chi connectivity index (χ3n) is 0.492. The van der Waals surface area contributed by atoms with E-state index in [9.17, 15) is 0 Å². The summed E-state index contributed by atoms with van der Waals surface area (Å²) in [6.07, 6.45) is 0. The molecule has 0 heterocycles. The van der Waals surface area contributed by atoms with Crippen LogP contribution in [0.4, 0.5) is 0 Å². The number of aliphatic imine (C=N–C) groups is 1. The average molecular weight is 131 g/mol. The van der Waals surface area contributed by atoms with E-state index in [2.05, 4.69) is 22.5 Å². The molecule has 0 aromatic rings. The quantitative estimate of drug-likeness (QED) is 0.273. The van der Waals surface area contributed by atoms with E-state index >= 15 is 0 Å². The highest BCUT2D eigenvalue weighted by atomic mass is 32.1. The summed E-state index contributed by atoms with van der Waals surface area (Å²) in [6.45, 7) is 1.68. The summed E-state index contributed by atoms with van der Waals surface area (Å²) in [5, 5.41) is 3.08. The van der Waals surface area contributed by atoms with Crippen LogP contribution in [-0.2, 0) is 0 Å². The predicted molar refractivity (Wildman–Crippen MR) is 39.0 cm³/mol. The number of nitrogens with one attached hydrogen (secondary N) is 1. The highest BCUT2D eigenvalue weighted by molar-refractivity contribution is 7.80. The zero-order valence-electron chi connectivity index (χ0n) is 4.93. The van der Waals surface area contributed by atoms with Crippen molar-refractivity contribution in [3.8, 4) is 0 Å². The van der Waals surface area contributed by atoms with E-state index in [1.807, 2.05) is 0 Å². The summed E-state index contributed by atoms with van der Waals surface area (Å²) in [7, 11) is 1.70. The molecule has 0 aromatic heterocycles. The highest BCUT2D eigenvalue weighted by Gasteiger charge is 1.83. The molecular weight excluding hydrogens is 122 g/mol. The first-order valence-electron chi connectivity index (χ1n) is 2.19. The van der Waals surface area contributed by atoms with E-state index in [-0.39, 0.29) is 0 Å². The molecule has 0 aliphatic rings. The molecule has 3 nitrogen and oxygen atoms in total. The number of nitrogens with two attached hydrogens (primary N) is 1. The van der Waals surface area contributed by atoms with Crippen molar-refractivity contribution in [1.82, 2.24) is 5.32 Å². The number of thiocarbonyl (C=S) groups is 1. The maximum Gasteiger partial charge on any atom is 0.194 e. The Morgan fingerprint density at radius 3 is 2.38 bits per heavy atom. The zero-order chi connectivity index (χ0) is 6.57. The van der Waals surface area contributed by atoms with Crippen molar-refractivity contribution in [2.45, 2.75) is 6.92 Å². The van der Waals surface area contributed by atoms with Gasteiger partial charge in [0.25, 0.3) is 0 Å². The van der Waals surface area contributed by atoms with Gasteiger partial charge in [0.1, 0.15) is 0 Å². The molecule has 0 fully saturated rings. The molecule has 0 bridgehead atoms. The second-order valence-corrected chi connectivity index (χ2v) is 1.70. The Bertz CT molecular complexity index is 114. The molecule has 46 valence electrons. The van der Waals surface area contributed by atoms with E-state index in [0.717, 1.165) is 0 Å². The van der Waals surface area contributed by atoms with Gasteiger partial charge in [0.2, 0.25) is 0 Å². The molecule has 3 N–H and O–H groups in total. The topological polar surface area (TPSA) is 50.4 Å². The molecule has 0 aliphatic carbocycles. The summed E-state index contributed by atoms with van der Waals surface area (Å²) >= 11 is 4.65. The molecule has 0 rings (SSSR count). The average Bonchev–Trinajstić information content (AvgIpc) is 1.65. The first kappa shape index (κ1) is 7.36. The van der Waals surface area contributed by atoms with E-state index in [0.29, 0.717) is 10.9 Å². The minimum atomic E-state index is 0.421. The van der Waals surface area contributed by atoms with Crippen molar-refractivity contribution in [2.75, 3.05) is 7.05 Å². The Morgan fingerprint density at radius 2 is 2.25 bits per heavy atom. The lowest BCUT2D eigenvalue weighted by Crippen LogP contribution is -2.17. The maximum atomic E-state index is 5.19. The van der Waals surface area contributed by atoms with Gasteiger partial charge in [-0.2, -0.15) is 0 Å². The number of hydrogen-bond donors (Lipinski definition) is 2. The van der Waals surface area contributed by atoms with Gasteiger partial charge < -0.3 is 11.1 Å². The van der Waals surface area contributed by atoms with Crippen LogP contribution < -0.4 is 11.1 Å². The zero-order valence-corrected chi connectivity index (χ0v) is 5.75. The van der Waals surface area contributed by atoms with Gasteiger partial charge in [0, 0.05) is 7.05 Å². The second kappa shape index (κ2) is 3.37. The summed E-state index contributed by atoms with van der Waals surface area (Å²) in [4.78, 5) is 3.71. The lowest BCUT2D eigenvalue weighted by atomic mass is 10.7. The Hall–Kier alpha value is -0.640. The third kappa shape index (κ3) is 3.55. The molecule has 4 heteroatoms. The second-order valence-electron chi connectivity index (χ2n) is 1.31. The van der Waals surface area contributed by atoms with E-state index in [4.69, 9.17) is 5.73 Å². The minimum Gasteiger partial charge on any atom is -0.387 e. The van der Waals surface area contributed by atoms with Gasteiger partial charge >= 0.3 is 0 Å². The fraction of sp³-hybridized carbons (Fsp3) is 0.500. The van der Waals surface area contributed by atoms with Crippen LogP contribution in [0.2, 0.25) is 0 Å². The van der Waals surface area contributed by atoms with Crippen molar-refractivity contribution in [2.24, 2.45) is 10.7 Å². The van der Waals surface area contributed by atoms with Crippen molar-refractivity contribution < 1.29 is 0 Å². The van der Waals surface area contributed by atoms with Crippen LogP contribution in [0.3, 0.4) is 0 Å². The van der Waals surface area contributed by atoms with Crippen molar-refractivity contribution in [3.05, 3.63) is 0 Å². The van der Waals surface area contributed by atoms with Crippen LogP contribution >= 0.6 is 12.2 Å². The first-order valence-corrected chi connectivity index (χ1v) is 2.60. The SMILES string of the molecule is CNC(=S)/N=C(\C)N. The minimum absolute atomic E-state index is 0.421. The van der Waals surface area contributed by atoms with Crippen LogP contribution in [0.15, 0.2) is 4.99 Å². The number of nitrogens with zero attached hydrogens (tertiary/aromatic N) is 1. The smallest absolute Gasteiger partial charge is 0.194 e. The molecule has 0 aromatic carbocycles.